The van der Waals surface area contributed by atoms with E-state index < -0.39 is 35.3 Å². The monoisotopic (exact) mass is 322 g/mol. The number of aliphatic hydroxyl groups excluding tert-OH is 1. The number of nitrogens with one attached hydrogen (secondary N) is 1. The van der Waals surface area contributed by atoms with Crippen molar-refractivity contribution in [1.29, 1.82) is 0 Å². The van der Waals surface area contributed by atoms with E-state index in [1.807, 2.05) is 0 Å². The van der Waals surface area contributed by atoms with Crippen LogP contribution < -0.4 is 5.32 Å². The Kier molecular flexibility index (Phi) is 3.79. The predicted molar refractivity (Wildman–Crippen MR) is 77.8 cm³/mol. The zero-order chi connectivity index (χ0) is 15.9. The summed E-state index contributed by atoms with van der Waals surface area (Å²) in [6.45, 7) is 0. The number of fused-ring (bicyclic) bond motifs is 1. The number of carboxylic acids is 1. The first-order valence-corrected chi connectivity index (χ1v) is 7.75. The maximum absolute atomic E-state index is 12.0. The minimum absolute atomic E-state index is 0.328. The number of rotatable bonds is 4. The molecule has 3 rings (SSSR count). The lowest BCUT2D eigenvalue weighted by Crippen LogP contribution is -2.71. The molecule has 8 heteroatoms. The summed E-state index contributed by atoms with van der Waals surface area (Å²) in [6, 6.07) is 7.31. The molecule has 2 saturated heterocycles. The first-order valence-electron chi connectivity index (χ1n) is 6.70. The van der Waals surface area contributed by atoms with Gasteiger partial charge < -0.3 is 20.4 Å². The first kappa shape index (κ1) is 14.9. The standard InChI is InChI=1S/C14H14N2O5S/c17-10(7-4-2-1-3-5-7)11(18)15-9-8-6-22-13(14(20)21)16(8)12(9)19/h1-5,8-10,13,17H,6H2,(H,15,18)(H,20,21)/t8?,9-,10?,13?/m0/s1. The highest BCUT2D eigenvalue weighted by Gasteiger charge is 2.57. The molecule has 4 atom stereocenters. The molecule has 2 heterocycles. The van der Waals surface area contributed by atoms with Crippen molar-refractivity contribution in [2.24, 2.45) is 0 Å². The lowest BCUT2D eigenvalue weighted by Gasteiger charge is -2.43. The Balaban J connectivity index is 1.64. The number of benzene rings is 1. The topological polar surface area (TPSA) is 107 Å². The van der Waals surface area contributed by atoms with Gasteiger partial charge in [0.25, 0.3) is 5.91 Å². The van der Waals surface area contributed by atoms with Gasteiger partial charge in [0, 0.05) is 5.75 Å². The average molecular weight is 322 g/mol. The molecule has 1 aromatic rings. The van der Waals surface area contributed by atoms with Gasteiger partial charge in [0.05, 0.1) is 6.04 Å². The number of aliphatic carboxylic acids is 1. The average Bonchev–Trinajstić information content (AvgIpc) is 2.93. The molecule has 0 aromatic heterocycles. The third kappa shape index (κ3) is 2.34. The van der Waals surface area contributed by atoms with Gasteiger partial charge in [-0.25, -0.2) is 4.79 Å². The number of β-lactam (4-membered cyclic amide) rings is 1. The Morgan fingerprint density at radius 3 is 2.64 bits per heavy atom. The molecule has 22 heavy (non-hydrogen) atoms. The van der Waals surface area contributed by atoms with Crippen LogP contribution in [0.1, 0.15) is 11.7 Å². The number of hydrogen-bond donors (Lipinski definition) is 3. The summed E-state index contributed by atoms with van der Waals surface area (Å²) in [5, 5.41) is 20.6. The quantitative estimate of drug-likeness (QED) is 0.650. The summed E-state index contributed by atoms with van der Waals surface area (Å²) in [4.78, 5) is 36.3. The van der Waals surface area contributed by atoms with E-state index in [0.717, 1.165) is 11.8 Å². The van der Waals surface area contributed by atoms with Crippen molar-refractivity contribution in [2.75, 3.05) is 5.75 Å². The fourth-order valence-corrected chi connectivity index (χ4v) is 3.97. The fraction of sp³-hybridized carbons (Fsp3) is 0.357. The van der Waals surface area contributed by atoms with Crippen molar-refractivity contribution >= 4 is 29.5 Å². The lowest BCUT2D eigenvalue weighted by molar-refractivity contribution is -0.160. The molecular weight excluding hydrogens is 308 g/mol. The number of nitrogens with zero attached hydrogens (tertiary/aromatic N) is 1. The van der Waals surface area contributed by atoms with Crippen LogP contribution in [0.4, 0.5) is 0 Å². The Labute approximate surface area is 130 Å². The van der Waals surface area contributed by atoms with Gasteiger partial charge in [-0.15, -0.1) is 11.8 Å². The van der Waals surface area contributed by atoms with E-state index in [-0.39, 0.29) is 6.04 Å². The Hall–Kier alpha value is -2.06. The molecule has 0 aliphatic carbocycles. The second-order valence-electron chi connectivity index (χ2n) is 5.14. The van der Waals surface area contributed by atoms with Crippen molar-refractivity contribution in [2.45, 2.75) is 23.6 Å². The summed E-state index contributed by atoms with van der Waals surface area (Å²) in [6.07, 6.45) is -1.35. The summed E-state index contributed by atoms with van der Waals surface area (Å²) in [5.74, 6) is -1.69. The molecule has 1 aromatic carbocycles. The molecule has 3 N–H and O–H groups in total. The molecular formula is C14H14N2O5S. The van der Waals surface area contributed by atoms with E-state index in [1.54, 1.807) is 30.3 Å². The highest BCUT2D eigenvalue weighted by molar-refractivity contribution is 8.00. The summed E-state index contributed by atoms with van der Waals surface area (Å²) < 4.78 is 0. The highest BCUT2D eigenvalue weighted by Crippen LogP contribution is 2.38. The number of carbonyl (C=O) groups is 3. The second-order valence-corrected chi connectivity index (χ2v) is 6.25. The van der Waals surface area contributed by atoms with Gasteiger partial charge in [-0.2, -0.15) is 0 Å². The molecule has 3 unspecified atom stereocenters. The van der Waals surface area contributed by atoms with Gasteiger partial charge >= 0.3 is 5.97 Å². The van der Waals surface area contributed by atoms with E-state index in [4.69, 9.17) is 5.11 Å². The normalized spacial score (nSPS) is 27.8. The third-order valence-corrected chi connectivity index (χ3v) is 5.09. The zero-order valence-corrected chi connectivity index (χ0v) is 12.2. The SMILES string of the molecule is O=C(N[C@@H]1C(=O)N2C(C(=O)O)SCC12)C(O)c1ccccc1. The van der Waals surface area contributed by atoms with E-state index >= 15 is 0 Å². The number of amides is 2. The number of carboxylic acid groups (broad SMARTS) is 1. The molecule has 0 radical (unpaired) electrons. The first-order chi connectivity index (χ1) is 10.5. The summed E-state index contributed by atoms with van der Waals surface area (Å²) in [7, 11) is 0. The van der Waals surface area contributed by atoms with Crippen molar-refractivity contribution in [3.05, 3.63) is 35.9 Å². The molecule has 7 nitrogen and oxygen atoms in total. The van der Waals surface area contributed by atoms with Crippen LogP contribution in [0.3, 0.4) is 0 Å². The van der Waals surface area contributed by atoms with Crippen molar-refractivity contribution in [1.82, 2.24) is 10.2 Å². The molecule has 2 amide bonds. The minimum atomic E-state index is -1.35. The van der Waals surface area contributed by atoms with Crippen LogP contribution in [-0.2, 0) is 14.4 Å². The van der Waals surface area contributed by atoms with Crippen molar-refractivity contribution < 1.29 is 24.6 Å². The lowest BCUT2D eigenvalue weighted by atomic mass is 9.96. The molecule has 2 aliphatic rings. The van der Waals surface area contributed by atoms with Gasteiger partial charge in [-0.3, -0.25) is 9.59 Å². The van der Waals surface area contributed by atoms with E-state index in [0.29, 0.717) is 11.3 Å². The van der Waals surface area contributed by atoms with Gasteiger partial charge in [0.15, 0.2) is 11.5 Å². The van der Waals surface area contributed by atoms with Crippen LogP contribution >= 0.6 is 11.8 Å². The van der Waals surface area contributed by atoms with E-state index in [2.05, 4.69) is 5.32 Å². The van der Waals surface area contributed by atoms with Gasteiger partial charge in [-0.1, -0.05) is 30.3 Å². The second kappa shape index (κ2) is 5.62. The Bertz CT molecular complexity index is 623. The maximum Gasteiger partial charge on any atom is 0.337 e. The molecule has 0 spiro atoms. The maximum atomic E-state index is 12.0. The number of thioether (sulfide) groups is 1. The predicted octanol–water partition coefficient (Wildman–Crippen LogP) is -0.427. The van der Waals surface area contributed by atoms with E-state index in [1.165, 1.54) is 4.90 Å². The van der Waals surface area contributed by atoms with Crippen LogP contribution in [0.15, 0.2) is 30.3 Å². The van der Waals surface area contributed by atoms with Crippen LogP contribution in [0.2, 0.25) is 0 Å². The van der Waals surface area contributed by atoms with Crippen molar-refractivity contribution in [3.8, 4) is 0 Å². The van der Waals surface area contributed by atoms with Crippen LogP contribution in [0.25, 0.3) is 0 Å². The van der Waals surface area contributed by atoms with Gasteiger partial charge in [0.2, 0.25) is 5.91 Å². The molecule has 0 saturated carbocycles. The zero-order valence-electron chi connectivity index (χ0n) is 11.4. The van der Waals surface area contributed by atoms with Gasteiger partial charge in [-0.05, 0) is 5.56 Å². The Morgan fingerprint density at radius 1 is 1.32 bits per heavy atom. The Morgan fingerprint density at radius 2 is 2.00 bits per heavy atom. The molecule has 116 valence electrons. The van der Waals surface area contributed by atoms with E-state index in [9.17, 15) is 19.5 Å². The minimum Gasteiger partial charge on any atom is -0.479 e. The molecule has 2 aliphatic heterocycles. The molecule has 0 bridgehead atoms. The summed E-state index contributed by atoms with van der Waals surface area (Å²) >= 11 is 1.16. The van der Waals surface area contributed by atoms with Crippen molar-refractivity contribution in [3.63, 3.8) is 0 Å². The number of hydrogen-bond acceptors (Lipinski definition) is 5. The van der Waals surface area contributed by atoms with Gasteiger partial charge in [0.1, 0.15) is 6.04 Å². The van der Waals surface area contributed by atoms with Crippen LogP contribution in [0, 0.1) is 0 Å². The molecule has 2 fully saturated rings. The smallest absolute Gasteiger partial charge is 0.337 e. The van der Waals surface area contributed by atoms with Crippen LogP contribution in [-0.4, -0.2) is 56.1 Å². The van der Waals surface area contributed by atoms with Crippen LogP contribution in [0.5, 0.6) is 0 Å². The highest BCUT2D eigenvalue weighted by atomic mass is 32.2. The number of carbonyl (C=O) groups excluding carboxylic acids is 2. The largest absolute Gasteiger partial charge is 0.479 e. The fourth-order valence-electron chi connectivity index (χ4n) is 2.67. The third-order valence-electron chi connectivity index (χ3n) is 3.81. The summed E-state index contributed by atoms with van der Waals surface area (Å²) in [5.41, 5.74) is 0.438. The number of aliphatic hydroxyl groups is 1.